The van der Waals surface area contributed by atoms with E-state index in [2.05, 4.69) is 9.97 Å². The van der Waals surface area contributed by atoms with Crippen LogP contribution < -0.4 is 10.6 Å². The number of anilines is 1. The van der Waals surface area contributed by atoms with Gasteiger partial charge in [0.15, 0.2) is 0 Å². The van der Waals surface area contributed by atoms with E-state index in [1.807, 2.05) is 50.2 Å². The average molecular weight is 338 g/mol. The molecule has 1 heterocycles. The van der Waals surface area contributed by atoms with Gasteiger partial charge in [0.05, 0.1) is 12.0 Å². The third-order valence-electron chi connectivity index (χ3n) is 4.71. The highest BCUT2D eigenvalue weighted by molar-refractivity contribution is 5.94. The number of carbonyl (C=O) groups excluding carboxylic acids is 1. The van der Waals surface area contributed by atoms with Gasteiger partial charge in [-0.2, -0.15) is 0 Å². The lowest BCUT2D eigenvalue weighted by Crippen LogP contribution is -2.33. The molecule has 0 aliphatic heterocycles. The van der Waals surface area contributed by atoms with Gasteiger partial charge in [-0.1, -0.05) is 32.0 Å². The molecule has 25 heavy (non-hydrogen) atoms. The zero-order chi connectivity index (χ0) is 18.2. The summed E-state index contributed by atoms with van der Waals surface area (Å²) in [4.78, 5) is 19.9. The van der Waals surface area contributed by atoms with Gasteiger partial charge in [0, 0.05) is 18.9 Å². The number of hydrogen-bond donors (Lipinski definition) is 3. The quantitative estimate of drug-likeness (QED) is 0.682. The Bertz CT molecular complexity index is 905. The lowest BCUT2D eigenvalue weighted by molar-refractivity contribution is 0.0281. The third-order valence-corrected chi connectivity index (χ3v) is 4.71. The number of amides is 2. The number of rotatable bonds is 4. The summed E-state index contributed by atoms with van der Waals surface area (Å²) < 4.78 is 0. The predicted molar refractivity (Wildman–Crippen MR) is 98.4 cm³/mol. The molecule has 1 aromatic heterocycles. The molecular formula is C19H22N4O2. The number of benzene rings is 2. The Balaban J connectivity index is 2.09. The maximum absolute atomic E-state index is 11.3. The van der Waals surface area contributed by atoms with Crippen LogP contribution in [-0.2, 0) is 5.60 Å². The highest BCUT2D eigenvalue weighted by Gasteiger charge is 2.37. The van der Waals surface area contributed by atoms with Gasteiger partial charge < -0.3 is 15.8 Å². The molecule has 0 aliphatic carbocycles. The van der Waals surface area contributed by atoms with Crippen LogP contribution in [0, 0.1) is 5.92 Å². The summed E-state index contributed by atoms with van der Waals surface area (Å²) in [7, 11) is 1.63. The number of aliphatic hydroxyl groups is 1. The van der Waals surface area contributed by atoms with Crippen LogP contribution in [0.3, 0.4) is 0 Å². The summed E-state index contributed by atoms with van der Waals surface area (Å²) in [5.74, 6) is -0.0616. The lowest BCUT2D eigenvalue weighted by atomic mass is 9.80. The van der Waals surface area contributed by atoms with Gasteiger partial charge >= 0.3 is 6.03 Å². The average Bonchev–Trinajstić information content (AvgIpc) is 3.14. The van der Waals surface area contributed by atoms with E-state index in [0.717, 1.165) is 22.0 Å². The SMILES string of the molecule is CC(C)C(O)(c1ccc2cc(N(C)C(N)=O)ccc2c1)c1c[nH]cn1. The Labute approximate surface area is 146 Å². The second kappa shape index (κ2) is 6.22. The van der Waals surface area contributed by atoms with Crippen molar-refractivity contribution in [2.75, 3.05) is 11.9 Å². The first-order chi connectivity index (χ1) is 11.8. The first-order valence-corrected chi connectivity index (χ1v) is 8.13. The fourth-order valence-corrected chi connectivity index (χ4v) is 3.05. The van der Waals surface area contributed by atoms with Crippen molar-refractivity contribution in [2.24, 2.45) is 11.7 Å². The second-order valence-electron chi connectivity index (χ2n) is 6.52. The minimum Gasteiger partial charge on any atom is -0.378 e. The Morgan fingerprint density at radius 1 is 1.24 bits per heavy atom. The standard InChI is InChI=1S/C19H22N4O2/c1-12(2)19(25,17-10-21-11-22-17)15-6-4-14-9-16(23(3)18(20)24)7-5-13(14)8-15/h4-12,25H,1-3H3,(H2,20,24)(H,21,22). The van der Waals surface area contributed by atoms with Crippen LogP contribution in [-0.4, -0.2) is 28.2 Å². The van der Waals surface area contributed by atoms with Crippen LogP contribution in [0.4, 0.5) is 10.5 Å². The van der Waals surface area contributed by atoms with Gasteiger partial charge in [0.2, 0.25) is 0 Å². The molecule has 4 N–H and O–H groups in total. The van der Waals surface area contributed by atoms with Gasteiger partial charge in [-0.15, -0.1) is 0 Å². The first-order valence-electron chi connectivity index (χ1n) is 8.13. The van der Waals surface area contributed by atoms with E-state index in [4.69, 9.17) is 5.73 Å². The maximum Gasteiger partial charge on any atom is 0.318 e. The molecule has 0 radical (unpaired) electrons. The Morgan fingerprint density at radius 2 is 1.92 bits per heavy atom. The summed E-state index contributed by atoms with van der Waals surface area (Å²) in [6.07, 6.45) is 3.28. The zero-order valence-electron chi connectivity index (χ0n) is 14.5. The number of nitrogens with two attached hydrogens (primary N) is 1. The molecule has 1 unspecified atom stereocenters. The summed E-state index contributed by atoms with van der Waals surface area (Å²) >= 11 is 0. The van der Waals surface area contributed by atoms with Gasteiger partial charge in [-0.25, -0.2) is 9.78 Å². The number of imidazole rings is 1. The normalized spacial score (nSPS) is 13.8. The van der Waals surface area contributed by atoms with Crippen molar-refractivity contribution in [3.63, 3.8) is 0 Å². The molecule has 3 rings (SSSR count). The lowest BCUT2D eigenvalue weighted by Gasteiger charge is -2.31. The Hall–Kier alpha value is -2.86. The van der Waals surface area contributed by atoms with Crippen molar-refractivity contribution < 1.29 is 9.90 Å². The van der Waals surface area contributed by atoms with E-state index in [9.17, 15) is 9.90 Å². The number of hydrogen-bond acceptors (Lipinski definition) is 3. The zero-order valence-corrected chi connectivity index (χ0v) is 14.5. The fraction of sp³-hybridized carbons (Fsp3) is 0.263. The smallest absolute Gasteiger partial charge is 0.318 e. The summed E-state index contributed by atoms with van der Waals surface area (Å²) in [6, 6.07) is 10.9. The molecule has 0 saturated carbocycles. The number of H-pyrrole nitrogens is 1. The van der Waals surface area contributed by atoms with E-state index in [1.54, 1.807) is 19.6 Å². The van der Waals surface area contributed by atoms with E-state index >= 15 is 0 Å². The van der Waals surface area contributed by atoms with Crippen LogP contribution in [0.25, 0.3) is 10.8 Å². The van der Waals surface area contributed by atoms with Gasteiger partial charge in [-0.3, -0.25) is 4.90 Å². The molecule has 6 heteroatoms. The van der Waals surface area contributed by atoms with Crippen molar-refractivity contribution in [1.29, 1.82) is 0 Å². The molecule has 0 saturated heterocycles. The maximum atomic E-state index is 11.3. The van der Waals surface area contributed by atoms with E-state index in [0.29, 0.717) is 5.69 Å². The van der Waals surface area contributed by atoms with Crippen LogP contribution >= 0.6 is 0 Å². The molecule has 0 bridgehead atoms. The second-order valence-corrected chi connectivity index (χ2v) is 6.52. The number of fused-ring (bicyclic) bond motifs is 1. The molecule has 2 aromatic carbocycles. The van der Waals surface area contributed by atoms with Crippen molar-refractivity contribution in [1.82, 2.24) is 9.97 Å². The molecule has 3 aromatic rings. The Morgan fingerprint density at radius 3 is 2.52 bits per heavy atom. The first kappa shape index (κ1) is 17.0. The number of carbonyl (C=O) groups is 1. The number of urea groups is 1. The molecule has 6 nitrogen and oxygen atoms in total. The number of primary amides is 1. The van der Waals surface area contributed by atoms with E-state index < -0.39 is 11.6 Å². The van der Waals surface area contributed by atoms with Crippen LogP contribution in [0.5, 0.6) is 0 Å². The predicted octanol–water partition coefficient (Wildman–Crippen LogP) is 2.97. The minimum atomic E-state index is -1.18. The largest absolute Gasteiger partial charge is 0.378 e. The summed E-state index contributed by atoms with van der Waals surface area (Å²) in [5, 5.41) is 13.3. The molecular weight excluding hydrogens is 316 g/mol. The summed E-state index contributed by atoms with van der Waals surface area (Å²) in [5.41, 5.74) is 6.23. The van der Waals surface area contributed by atoms with Crippen LogP contribution in [0.1, 0.15) is 25.1 Å². The third kappa shape index (κ3) is 2.85. The van der Waals surface area contributed by atoms with Gasteiger partial charge in [0.25, 0.3) is 0 Å². The number of aromatic nitrogens is 2. The molecule has 0 aliphatic rings. The monoisotopic (exact) mass is 338 g/mol. The van der Waals surface area contributed by atoms with Crippen molar-refractivity contribution in [3.05, 3.63) is 60.2 Å². The molecule has 130 valence electrons. The topological polar surface area (TPSA) is 95.2 Å². The van der Waals surface area contributed by atoms with Gasteiger partial charge in [0.1, 0.15) is 5.60 Å². The highest BCUT2D eigenvalue weighted by atomic mass is 16.3. The summed E-state index contributed by atoms with van der Waals surface area (Å²) in [6.45, 7) is 3.92. The Kier molecular flexibility index (Phi) is 4.22. The molecule has 2 amide bonds. The molecule has 0 fully saturated rings. The van der Waals surface area contributed by atoms with Crippen LogP contribution in [0.15, 0.2) is 48.9 Å². The van der Waals surface area contributed by atoms with Crippen molar-refractivity contribution >= 4 is 22.5 Å². The number of nitrogens with one attached hydrogen (secondary N) is 1. The van der Waals surface area contributed by atoms with E-state index in [-0.39, 0.29) is 5.92 Å². The van der Waals surface area contributed by atoms with Crippen molar-refractivity contribution in [2.45, 2.75) is 19.4 Å². The van der Waals surface area contributed by atoms with E-state index in [1.165, 1.54) is 4.90 Å². The molecule has 0 spiro atoms. The van der Waals surface area contributed by atoms with Crippen LogP contribution in [0.2, 0.25) is 0 Å². The molecule has 1 atom stereocenters. The minimum absolute atomic E-state index is 0.0616. The highest BCUT2D eigenvalue weighted by Crippen LogP contribution is 2.37. The number of nitrogens with zero attached hydrogens (tertiary/aromatic N) is 2. The fourth-order valence-electron chi connectivity index (χ4n) is 3.05. The van der Waals surface area contributed by atoms with Crippen molar-refractivity contribution in [3.8, 4) is 0 Å². The van der Waals surface area contributed by atoms with Gasteiger partial charge in [-0.05, 0) is 40.5 Å². The number of aromatic amines is 1.